The number of halogens is 1. The second-order valence-corrected chi connectivity index (χ2v) is 9.54. The summed E-state index contributed by atoms with van der Waals surface area (Å²) in [6.45, 7) is 0.589. The van der Waals surface area contributed by atoms with Crippen molar-refractivity contribution in [3.05, 3.63) is 89.2 Å². The Kier molecular flexibility index (Phi) is 5.95. The lowest BCUT2D eigenvalue weighted by Gasteiger charge is -2.36. The number of sulfonamides is 1. The molecule has 0 aliphatic carbocycles. The van der Waals surface area contributed by atoms with Gasteiger partial charge in [-0.15, -0.1) is 0 Å². The second kappa shape index (κ2) is 8.66. The molecule has 1 aliphatic heterocycles. The van der Waals surface area contributed by atoms with Gasteiger partial charge in [-0.3, -0.25) is 14.1 Å². The van der Waals surface area contributed by atoms with Crippen molar-refractivity contribution < 1.29 is 18.3 Å². The lowest BCUT2D eigenvalue weighted by atomic mass is 10.1. The van der Waals surface area contributed by atoms with E-state index in [2.05, 4.69) is 4.98 Å². The Morgan fingerprint density at radius 1 is 1.13 bits per heavy atom. The summed E-state index contributed by atoms with van der Waals surface area (Å²) in [5, 5.41) is 10.0. The van der Waals surface area contributed by atoms with Crippen LogP contribution in [0.5, 0.6) is 0 Å². The van der Waals surface area contributed by atoms with Gasteiger partial charge in [0.25, 0.3) is 15.9 Å². The number of amides is 1. The highest BCUT2D eigenvalue weighted by atomic mass is 35.5. The van der Waals surface area contributed by atoms with Gasteiger partial charge in [0.1, 0.15) is 4.90 Å². The Balaban J connectivity index is 1.73. The van der Waals surface area contributed by atoms with E-state index < -0.39 is 16.1 Å². The molecule has 0 unspecified atom stereocenters. The number of hydrogen-bond donors (Lipinski definition) is 1. The smallest absolute Gasteiger partial charge is 0.266 e. The number of hydrogen-bond acceptors (Lipinski definition) is 5. The SMILES string of the molecule is O=C(c1cccc(N(Cc2ccc(Cl)cc2)S(=O)(=O)c2cccnc2)c1)N1CC(O)C1. The fourth-order valence-electron chi connectivity index (χ4n) is 3.30. The van der Waals surface area contributed by atoms with Crippen molar-refractivity contribution in [2.24, 2.45) is 0 Å². The van der Waals surface area contributed by atoms with E-state index in [4.69, 9.17) is 11.6 Å². The van der Waals surface area contributed by atoms with Crippen molar-refractivity contribution in [1.29, 1.82) is 0 Å². The molecule has 1 aromatic heterocycles. The van der Waals surface area contributed by atoms with Crippen LogP contribution in [0.4, 0.5) is 5.69 Å². The summed E-state index contributed by atoms with van der Waals surface area (Å²) in [6, 6.07) is 16.4. The molecule has 1 amide bonds. The molecule has 2 heterocycles. The van der Waals surface area contributed by atoms with E-state index in [1.54, 1.807) is 54.6 Å². The minimum atomic E-state index is -3.95. The third-order valence-electron chi connectivity index (χ3n) is 4.99. The molecule has 0 bridgehead atoms. The average molecular weight is 458 g/mol. The van der Waals surface area contributed by atoms with Crippen molar-refractivity contribution in [2.45, 2.75) is 17.5 Å². The fraction of sp³-hybridized carbons (Fsp3) is 0.182. The first-order valence-corrected chi connectivity index (χ1v) is 11.4. The highest BCUT2D eigenvalue weighted by molar-refractivity contribution is 7.92. The molecule has 7 nitrogen and oxygen atoms in total. The molecule has 0 saturated carbocycles. The number of anilines is 1. The standard InChI is InChI=1S/C22H20ClN3O4S/c23-18-8-6-16(7-9-18)13-26(31(29,30)21-5-2-10-24-12-21)19-4-1-3-17(11-19)22(28)25-14-20(27)15-25/h1-12,20,27H,13-15H2. The molecule has 0 atom stereocenters. The first kappa shape index (κ1) is 21.3. The molecule has 0 radical (unpaired) electrons. The van der Waals surface area contributed by atoms with Crippen molar-refractivity contribution in [3.8, 4) is 0 Å². The number of β-amino-alcohol motifs (C(OH)–C–C–N with tert-alkyl or cyclic N) is 1. The summed E-state index contributed by atoms with van der Waals surface area (Å²) in [5.74, 6) is -0.252. The third-order valence-corrected chi connectivity index (χ3v) is 7.00. The molecule has 3 aromatic rings. The van der Waals surface area contributed by atoms with Gasteiger partial charge < -0.3 is 10.0 Å². The van der Waals surface area contributed by atoms with Gasteiger partial charge in [-0.05, 0) is 48.0 Å². The summed E-state index contributed by atoms with van der Waals surface area (Å²) in [5.41, 5.74) is 1.44. The van der Waals surface area contributed by atoms with Crippen LogP contribution in [-0.2, 0) is 16.6 Å². The monoisotopic (exact) mass is 457 g/mol. The highest BCUT2D eigenvalue weighted by Crippen LogP contribution is 2.28. The number of carbonyl (C=O) groups excluding carboxylic acids is 1. The van der Waals surface area contributed by atoms with Crippen LogP contribution in [0.25, 0.3) is 0 Å². The zero-order chi connectivity index (χ0) is 22.0. The van der Waals surface area contributed by atoms with E-state index >= 15 is 0 Å². The Morgan fingerprint density at radius 2 is 1.87 bits per heavy atom. The van der Waals surface area contributed by atoms with Gasteiger partial charge in [0.05, 0.1) is 18.3 Å². The van der Waals surface area contributed by atoms with Crippen molar-refractivity contribution in [3.63, 3.8) is 0 Å². The molecule has 0 spiro atoms. The molecule has 31 heavy (non-hydrogen) atoms. The normalized spacial score (nSPS) is 14.2. The highest BCUT2D eigenvalue weighted by Gasteiger charge is 2.31. The van der Waals surface area contributed by atoms with Gasteiger partial charge in [-0.25, -0.2) is 8.42 Å². The Morgan fingerprint density at radius 3 is 2.52 bits per heavy atom. The maximum absolute atomic E-state index is 13.5. The molecule has 4 rings (SSSR count). The predicted molar refractivity (Wildman–Crippen MR) is 117 cm³/mol. The maximum Gasteiger partial charge on any atom is 0.266 e. The summed E-state index contributed by atoms with van der Waals surface area (Å²) in [7, 11) is -3.95. The third kappa shape index (κ3) is 4.56. The first-order valence-electron chi connectivity index (χ1n) is 9.59. The molecule has 1 fully saturated rings. The van der Waals surface area contributed by atoms with E-state index in [1.807, 2.05) is 0 Å². The Hall–Kier alpha value is -2.94. The van der Waals surface area contributed by atoms with Crippen LogP contribution < -0.4 is 4.31 Å². The van der Waals surface area contributed by atoms with Crippen LogP contribution >= 0.6 is 11.6 Å². The molecule has 1 N–H and O–H groups in total. The van der Waals surface area contributed by atoms with Crippen molar-refractivity contribution in [1.82, 2.24) is 9.88 Å². The Bertz CT molecular complexity index is 1180. The summed E-state index contributed by atoms with van der Waals surface area (Å²) < 4.78 is 28.2. The molecule has 1 aliphatic rings. The summed E-state index contributed by atoms with van der Waals surface area (Å²) >= 11 is 5.97. The first-order chi connectivity index (χ1) is 14.8. The van der Waals surface area contributed by atoms with E-state index in [1.165, 1.54) is 27.7 Å². The van der Waals surface area contributed by atoms with E-state index in [0.717, 1.165) is 5.56 Å². The van der Waals surface area contributed by atoms with Crippen LogP contribution in [0.2, 0.25) is 5.02 Å². The molecule has 9 heteroatoms. The molecular formula is C22H20ClN3O4S. The van der Waals surface area contributed by atoms with Gasteiger partial charge in [-0.1, -0.05) is 29.8 Å². The molecular weight excluding hydrogens is 438 g/mol. The number of pyridine rings is 1. The van der Waals surface area contributed by atoms with Gasteiger partial charge in [-0.2, -0.15) is 0 Å². The number of aliphatic hydroxyl groups excluding tert-OH is 1. The maximum atomic E-state index is 13.5. The number of carbonyl (C=O) groups is 1. The number of benzene rings is 2. The topological polar surface area (TPSA) is 90.8 Å². The zero-order valence-corrected chi connectivity index (χ0v) is 18.0. The zero-order valence-electron chi connectivity index (χ0n) is 16.4. The van der Waals surface area contributed by atoms with Crippen LogP contribution in [0.3, 0.4) is 0 Å². The molecule has 1 saturated heterocycles. The van der Waals surface area contributed by atoms with Gasteiger partial charge in [0.15, 0.2) is 0 Å². The Labute approximate surface area is 185 Å². The van der Waals surface area contributed by atoms with E-state index in [-0.39, 0.29) is 30.4 Å². The van der Waals surface area contributed by atoms with Crippen LogP contribution in [0.15, 0.2) is 78.0 Å². The van der Waals surface area contributed by atoms with Crippen molar-refractivity contribution in [2.75, 3.05) is 17.4 Å². The van der Waals surface area contributed by atoms with E-state index in [0.29, 0.717) is 16.3 Å². The van der Waals surface area contributed by atoms with Crippen LogP contribution in [-0.4, -0.2) is 48.5 Å². The average Bonchev–Trinajstić information content (AvgIpc) is 2.76. The molecule has 2 aromatic carbocycles. The number of likely N-dealkylation sites (tertiary alicyclic amines) is 1. The van der Waals surface area contributed by atoms with Crippen LogP contribution in [0.1, 0.15) is 15.9 Å². The molecule has 160 valence electrons. The summed E-state index contributed by atoms with van der Waals surface area (Å²) in [6.07, 6.45) is 2.28. The number of aromatic nitrogens is 1. The minimum absolute atomic E-state index is 0.0477. The number of aliphatic hydroxyl groups is 1. The number of nitrogens with zero attached hydrogens (tertiary/aromatic N) is 3. The lowest BCUT2D eigenvalue weighted by Crippen LogP contribution is -2.53. The summed E-state index contributed by atoms with van der Waals surface area (Å²) in [4.78, 5) is 18.2. The van der Waals surface area contributed by atoms with Crippen LogP contribution in [0, 0.1) is 0 Å². The van der Waals surface area contributed by atoms with Gasteiger partial charge in [0, 0.05) is 36.1 Å². The van der Waals surface area contributed by atoms with Gasteiger partial charge >= 0.3 is 0 Å². The second-order valence-electron chi connectivity index (χ2n) is 7.24. The largest absolute Gasteiger partial charge is 0.389 e. The quantitative estimate of drug-likeness (QED) is 0.614. The van der Waals surface area contributed by atoms with Gasteiger partial charge in [0.2, 0.25) is 0 Å². The minimum Gasteiger partial charge on any atom is -0.389 e. The lowest BCUT2D eigenvalue weighted by molar-refractivity contribution is 0.00590. The predicted octanol–water partition coefficient (Wildman–Crippen LogP) is 2.95. The number of rotatable bonds is 6. The van der Waals surface area contributed by atoms with Crippen molar-refractivity contribution >= 4 is 33.2 Å². The fourth-order valence-corrected chi connectivity index (χ4v) is 4.83. The van der Waals surface area contributed by atoms with E-state index in [9.17, 15) is 18.3 Å².